The second-order valence-electron chi connectivity index (χ2n) is 30.9. The maximum atomic E-state index is 14.1. The number of fused-ring (bicyclic) bond motifs is 18. The van der Waals surface area contributed by atoms with Gasteiger partial charge < -0.3 is 31.0 Å². The van der Waals surface area contributed by atoms with Crippen molar-refractivity contribution in [1.82, 2.24) is 4.98 Å². The Kier molecular flexibility index (Phi) is 22.1. The third-order valence-electron chi connectivity index (χ3n) is 22.8. The van der Waals surface area contributed by atoms with E-state index in [0.717, 1.165) is 93.3 Å². The number of furan rings is 1. The van der Waals surface area contributed by atoms with E-state index in [4.69, 9.17) is 4.42 Å². The second kappa shape index (κ2) is 35.7. The molecule has 0 aliphatic rings. The number of hydrogen-bond acceptors (Lipinski definition) is 11. The van der Waals surface area contributed by atoms with Gasteiger partial charge in [-0.3, -0.25) is 4.98 Å². The number of pyridine rings is 1. The lowest BCUT2D eigenvalue weighted by Crippen LogP contribution is -1.92. The van der Waals surface area contributed by atoms with Gasteiger partial charge in [-0.1, -0.05) is 279 Å². The predicted octanol–water partition coefficient (Wildman–Crippen LogP) is 35.4. The first-order chi connectivity index (χ1) is 62.8. The first-order valence-corrected chi connectivity index (χ1v) is 45.5. The van der Waals surface area contributed by atoms with E-state index in [1.165, 1.54) is 122 Å². The molecule has 0 amide bonds. The smallest absolute Gasteiger partial charge is 0.143 e. The van der Waals surface area contributed by atoms with Gasteiger partial charge in [0.05, 0.1) is 22.3 Å². The number of aromatic nitrogens is 1. The van der Waals surface area contributed by atoms with E-state index in [-0.39, 0.29) is 5.82 Å². The fourth-order valence-electron chi connectivity index (χ4n) is 16.9. The monoisotopic (exact) mass is 1710 g/mol. The summed E-state index contributed by atoms with van der Waals surface area (Å²) in [6.07, 6.45) is 3.49. The van der Waals surface area contributed by atoms with Crippen molar-refractivity contribution in [2.75, 3.05) is 26.6 Å². The van der Waals surface area contributed by atoms with Crippen LogP contribution in [-0.2, 0) is 0 Å². The number of nitrogens with zero attached hydrogens (tertiary/aromatic N) is 1. The number of para-hydroxylation sites is 2. The molecule has 25 aromatic rings. The molecule has 0 unspecified atom stereocenters. The van der Waals surface area contributed by atoms with Crippen LogP contribution < -0.4 is 26.6 Å². The summed E-state index contributed by atoms with van der Waals surface area (Å²) in [4.78, 5) is 4.08. The van der Waals surface area contributed by atoms with Gasteiger partial charge in [0.25, 0.3) is 0 Å². The number of anilines is 10. The molecule has 12 heteroatoms. The Morgan fingerprint density at radius 3 is 1.41 bits per heavy atom. The lowest BCUT2D eigenvalue weighted by atomic mass is 9.97. The Hall–Kier alpha value is -15.5. The van der Waals surface area contributed by atoms with Crippen LogP contribution in [0.25, 0.3) is 158 Å². The van der Waals surface area contributed by atoms with Crippen LogP contribution in [0.2, 0.25) is 0 Å². The number of benzene rings is 19. The molecule has 7 nitrogen and oxygen atoms in total. The predicted molar refractivity (Wildman–Crippen MR) is 549 cm³/mol. The minimum absolute atomic E-state index is 0.169. The zero-order chi connectivity index (χ0) is 84.8. The molecule has 0 atom stereocenters. The minimum Gasteiger partial charge on any atom is -0.455 e. The van der Waals surface area contributed by atoms with Crippen LogP contribution in [0.1, 0.15) is 0 Å². The van der Waals surface area contributed by atoms with Gasteiger partial charge in [-0.2, -0.15) is 0 Å². The SMILES string of the molecule is Fc1cccc2sc3ccc(Nc4cccnc4)cc3c12.c1ccc(-c2ccc(Nc3ccc4c(c3)oc3c5ccccc5ccc43)c3ccccc23)cc1.c1ccc(-c2cccc(Nc3ccc4c(c3)sc3ccccc34)c2)cc1.c1ccc(Nc2ccc(-c3ccccc3)c3c2sc2ccccc23)cc1.c1ccc(Nc2cccc3sc4ccccc4c23)cc1. The maximum Gasteiger partial charge on any atom is 0.143 e. The highest BCUT2D eigenvalue weighted by Crippen LogP contribution is 2.47. The molecule has 0 fully saturated rings. The van der Waals surface area contributed by atoms with E-state index in [1.54, 1.807) is 29.8 Å². The summed E-state index contributed by atoms with van der Waals surface area (Å²) >= 11 is 7.16. The minimum atomic E-state index is -0.169. The van der Waals surface area contributed by atoms with Crippen molar-refractivity contribution >= 4 is 226 Å². The molecule has 0 aliphatic heterocycles. The van der Waals surface area contributed by atoms with Crippen LogP contribution in [-0.4, -0.2) is 4.98 Å². The van der Waals surface area contributed by atoms with Crippen LogP contribution in [0.4, 0.5) is 61.3 Å². The summed E-state index contributed by atoms with van der Waals surface area (Å²) in [7, 11) is 0. The van der Waals surface area contributed by atoms with Crippen molar-refractivity contribution in [2.45, 2.75) is 0 Å². The summed E-state index contributed by atoms with van der Waals surface area (Å²) in [5, 5.41) is 34.3. The van der Waals surface area contributed by atoms with Gasteiger partial charge in [0.15, 0.2) is 0 Å². The van der Waals surface area contributed by atoms with E-state index >= 15 is 0 Å². The molecule has 6 aromatic heterocycles. The third kappa shape index (κ3) is 16.6. The fourth-order valence-corrected chi connectivity index (χ4v) is 21.5. The highest BCUT2D eigenvalue weighted by atomic mass is 32.1. The molecule has 0 saturated heterocycles. The van der Waals surface area contributed by atoms with Crippen LogP contribution in [0.5, 0.6) is 0 Å². The second-order valence-corrected chi connectivity index (χ2v) is 35.2. The summed E-state index contributed by atoms with van der Waals surface area (Å²) in [5.74, 6) is -0.169. The van der Waals surface area contributed by atoms with Gasteiger partial charge in [0.1, 0.15) is 17.0 Å². The van der Waals surface area contributed by atoms with Gasteiger partial charge in [0.2, 0.25) is 0 Å². The van der Waals surface area contributed by atoms with Crippen LogP contribution in [0.3, 0.4) is 0 Å². The molecule has 606 valence electrons. The molecular weight excluding hydrogens is 1630 g/mol. The van der Waals surface area contributed by atoms with Crippen molar-refractivity contribution in [3.63, 3.8) is 0 Å². The fraction of sp³-hybridized carbons (Fsp3) is 0. The number of halogens is 1. The molecule has 0 radical (unpaired) electrons. The van der Waals surface area contributed by atoms with Gasteiger partial charge in [-0.15, -0.1) is 45.3 Å². The van der Waals surface area contributed by atoms with E-state index in [1.807, 2.05) is 101 Å². The summed E-state index contributed by atoms with van der Waals surface area (Å²) in [5.41, 5.74) is 20.0. The molecule has 19 aromatic carbocycles. The molecule has 0 saturated carbocycles. The Balaban J connectivity index is 0.0000000979. The van der Waals surface area contributed by atoms with Crippen molar-refractivity contribution in [3.05, 3.63) is 455 Å². The Morgan fingerprint density at radius 2 is 0.693 bits per heavy atom. The molecule has 6 heterocycles. The van der Waals surface area contributed by atoms with Crippen molar-refractivity contribution in [1.29, 1.82) is 0 Å². The lowest BCUT2D eigenvalue weighted by Gasteiger charge is -2.13. The topological polar surface area (TPSA) is 86.2 Å². The average Bonchev–Trinajstić information content (AvgIpc) is 1.62. The van der Waals surface area contributed by atoms with Gasteiger partial charge in [0, 0.05) is 155 Å². The molecule has 0 bridgehead atoms. The Labute approximate surface area is 749 Å². The first kappa shape index (κ1) is 78.7. The average molecular weight is 1710 g/mol. The number of rotatable bonds is 13. The normalized spacial score (nSPS) is 11.2. The molecule has 0 spiro atoms. The Bertz CT molecular complexity index is 8260. The van der Waals surface area contributed by atoms with E-state index in [0.29, 0.717) is 5.39 Å². The van der Waals surface area contributed by atoms with Gasteiger partial charge in [-0.05, 0) is 196 Å². The van der Waals surface area contributed by atoms with E-state index in [9.17, 15) is 4.39 Å². The standard InChI is InChI=1S/C32H21NO.2C24H17NS.C18H13NS.C17H11FN2S/c1-2-8-21(9-3-1)24-18-19-30(27-13-7-6-12-26(24)27)33-23-15-17-28-29-16-14-22-10-4-5-11-25(22)32(29)34-31(28)20-23;1-3-9-17(10-4-1)19-15-16-21(25-18-11-5-2-6-12-18)24-23(19)20-13-7-8-14-22(20)26-24;1-2-7-17(8-3-1)18-9-6-10-19(15-18)25-20-13-14-22-21-11-4-5-12-23(21)26-24(22)16-20;1-2-7-13(8-3-1)19-15-10-6-12-17-18(15)14-9-4-5-11-16(14)20-17;18-14-4-1-5-16-17(14)13-9-11(6-7-15(13)21-16)20-12-3-2-8-19-10-12/h1-20,33H;2*1-16,25H;1-12,19H;1-10,20H. The van der Waals surface area contributed by atoms with E-state index < -0.39 is 0 Å². The largest absolute Gasteiger partial charge is 0.455 e. The first-order valence-electron chi connectivity index (χ1n) is 42.2. The van der Waals surface area contributed by atoms with E-state index in [2.05, 4.69) is 389 Å². The molecule has 127 heavy (non-hydrogen) atoms. The van der Waals surface area contributed by atoms with Crippen LogP contribution >= 0.6 is 45.3 Å². The highest BCUT2D eigenvalue weighted by Gasteiger charge is 2.19. The van der Waals surface area contributed by atoms with Crippen LogP contribution in [0, 0.1) is 5.82 Å². The van der Waals surface area contributed by atoms with Crippen molar-refractivity contribution in [2.24, 2.45) is 0 Å². The van der Waals surface area contributed by atoms with Gasteiger partial charge >= 0.3 is 0 Å². The van der Waals surface area contributed by atoms with Crippen LogP contribution in [0.15, 0.2) is 454 Å². The van der Waals surface area contributed by atoms with Gasteiger partial charge in [-0.25, -0.2) is 4.39 Å². The van der Waals surface area contributed by atoms with Crippen molar-refractivity contribution < 1.29 is 8.81 Å². The number of hydrogen-bond donors (Lipinski definition) is 5. The molecule has 5 N–H and O–H groups in total. The number of thiophene rings is 4. The van der Waals surface area contributed by atoms with Crippen molar-refractivity contribution in [3.8, 4) is 33.4 Å². The third-order valence-corrected chi connectivity index (χ3v) is 27.4. The Morgan fingerprint density at radius 1 is 0.228 bits per heavy atom. The zero-order valence-electron chi connectivity index (χ0n) is 68.6. The lowest BCUT2D eigenvalue weighted by molar-refractivity contribution is 0.641. The highest BCUT2D eigenvalue weighted by molar-refractivity contribution is 7.27. The summed E-state index contributed by atoms with van der Waals surface area (Å²) < 4.78 is 30.5. The molecular formula is C115H79FN6OS4. The quantitative estimate of drug-likeness (QED) is 0.0786. The maximum absolute atomic E-state index is 14.1. The molecule has 25 rings (SSSR count). The number of nitrogens with one attached hydrogen (secondary N) is 5. The zero-order valence-corrected chi connectivity index (χ0v) is 71.9. The summed E-state index contributed by atoms with van der Waals surface area (Å²) in [6.45, 7) is 0. The summed E-state index contributed by atoms with van der Waals surface area (Å²) in [6, 6.07) is 151. The molecule has 0 aliphatic carbocycles.